The van der Waals surface area contributed by atoms with Crippen molar-refractivity contribution in [1.29, 1.82) is 0 Å². The monoisotopic (exact) mass is 291 g/mol. The fraction of sp³-hybridized carbons (Fsp3) is 0.364. The van der Waals surface area contributed by atoms with Gasteiger partial charge in [-0.15, -0.1) is 0 Å². The van der Waals surface area contributed by atoms with Crippen LogP contribution < -0.4 is 5.73 Å². The van der Waals surface area contributed by atoms with E-state index < -0.39 is 23.0 Å². The standard InChI is InChI=1S/C10H9F2N3O3.CH3F/c11-7-2-1-5(15(16)17)3-6(7)9-8(12)4-18-10(13)14-9;1-2/h1-3,8-9H,4H2,(H2,13,14);1H3. The first-order chi connectivity index (χ1) is 9.49. The molecule has 2 rings (SSSR count). The number of nitrogens with zero attached hydrogens (tertiary/aromatic N) is 2. The molecule has 6 nitrogen and oxygen atoms in total. The molecule has 0 aliphatic carbocycles. The lowest BCUT2D eigenvalue weighted by atomic mass is 10.0. The number of hydrogen-bond acceptors (Lipinski definition) is 5. The van der Waals surface area contributed by atoms with E-state index >= 15 is 0 Å². The summed E-state index contributed by atoms with van der Waals surface area (Å²) in [6.45, 7) is -0.359. The minimum absolute atomic E-state index is 0.206. The van der Waals surface area contributed by atoms with Crippen molar-refractivity contribution in [3.8, 4) is 0 Å². The third kappa shape index (κ3) is 3.37. The Hall–Kier alpha value is -2.32. The second-order valence-electron chi connectivity index (χ2n) is 3.70. The summed E-state index contributed by atoms with van der Waals surface area (Å²) >= 11 is 0. The molecule has 1 aliphatic rings. The van der Waals surface area contributed by atoms with Crippen LogP contribution in [0.25, 0.3) is 0 Å². The highest BCUT2D eigenvalue weighted by Crippen LogP contribution is 2.31. The van der Waals surface area contributed by atoms with Gasteiger partial charge in [0.2, 0.25) is 0 Å². The van der Waals surface area contributed by atoms with Crippen LogP contribution in [-0.2, 0) is 4.74 Å². The molecule has 2 N–H and O–H groups in total. The van der Waals surface area contributed by atoms with Crippen molar-refractivity contribution in [2.24, 2.45) is 10.7 Å². The number of nitrogens with two attached hydrogens (primary N) is 1. The average molecular weight is 291 g/mol. The molecule has 2 atom stereocenters. The molecular weight excluding hydrogens is 279 g/mol. The number of aliphatic imine (C=N–C) groups is 1. The fourth-order valence-electron chi connectivity index (χ4n) is 1.65. The molecule has 1 heterocycles. The third-order valence-corrected chi connectivity index (χ3v) is 2.51. The molecule has 1 aromatic carbocycles. The molecule has 1 aliphatic heterocycles. The number of nitro groups is 1. The van der Waals surface area contributed by atoms with E-state index in [1.54, 1.807) is 0 Å². The summed E-state index contributed by atoms with van der Waals surface area (Å²) in [5, 5.41) is 10.6. The third-order valence-electron chi connectivity index (χ3n) is 2.51. The number of non-ortho nitro benzene ring substituents is 1. The minimum atomic E-state index is -1.60. The number of ether oxygens (including phenoxy) is 1. The molecule has 20 heavy (non-hydrogen) atoms. The Morgan fingerprint density at radius 2 is 2.15 bits per heavy atom. The molecule has 110 valence electrons. The Morgan fingerprint density at radius 3 is 2.75 bits per heavy atom. The molecule has 2 unspecified atom stereocenters. The minimum Gasteiger partial charge on any atom is -0.462 e. The first kappa shape index (κ1) is 15.7. The summed E-state index contributed by atoms with van der Waals surface area (Å²) < 4.78 is 41.3. The van der Waals surface area contributed by atoms with Gasteiger partial charge in [-0.3, -0.25) is 14.5 Å². The number of rotatable bonds is 2. The van der Waals surface area contributed by atoms with Crippen LogP contribution in [0.5, 0.6) is 0 Å². The highest BCUT2D eigenvalue weighted by Gasteiger charge is 2.31. The normalized spacial score (nSPS) is 21.1. The summed E-state index contributed by atoms with van der Waals surface area (Å²) in [6, 6.07) is 1.37. The van der Waals surface area contributed by atoms with Gasteiger partial charge in [-0.2, -0.15) is 0 Å². The van der Waals surface area contributed by atoms with Crippen molar-refractivity contribution in [3.05, 3.63) is 39.7 Å². The van der Waals surface area contributed by atoms with Crippen molar-refractivity contribution < 1.29 is 22.8 Å². The van der Waals surface area contributed by atoms with E-state index in [1.807, 2.05) is 0 Å². The Kier molecular flexibility index (Phi) is 5.30. The van der Waals surface area contributed by atoms with E-state index in [9.17, 15) is 23.3 Å². The molecular formula is C11H12F3N3O3. The number of benzene rings is 1. The molecule has 0 aromatic heterocycles. The summed E-state index contributed by atoms with van der Waals surface area (Å²) in [4.78, 5) is 13.5. The van der Waals surface area contributed by atoms with Crippen molar-refractivity contribution in [2.75, 3.05) is 13.8 Å². The zero-order chi connectivity index (χ0) is 15.3. The fourth-order valence-corrected chi connectivity index (χ4v) is 1.65. The first-order valence-corrected chi connectivity index (χ1v) is 5.41. The van der Waals surface area contributed by atoms with Crippen molar-refractivity contribution in [3.63, 3.8) is 0 Å². The van der Waals surface area contributed by atoms with Gasteiger partial charge in [0.25, 0.3) is 11.7 Å². The van der Waals surface area contributed by atoms with Gasteiger partial charge in [-0.05, 0) is 6.07 Å². The van der Waals surface area contributed by atoms with Gasteiger partial charge >= 0.3 is 0 Å². The molecule has 9 heteroatoms. The maximum atomic E-state index is 13.6. The lowest BCUT2D eigenvalue weighted by Gasteiger charge is -2.23. The Balaban J connectivity index is 0.000000956. The van der Waals surface area contributed by atoms with Gasteiger partial charge in [-0.1, -0.05) is 0 Å². The van der Waals surface area contributed by atoms with Crippen LogP contribution in [0.3, 0.4) is 0 Å². The number of alkyl halides is 2. The predicted octanol–water partition coefficient (Wildman–Crippen LogP) is 2.04. The maximum absolute atomic E-state index is 13.6. The molecule has 0 saturated heterocycles. The first-order valence-electron chi connectivity index (χ1n) is 5.41. The summed E-state index contributed by atoms with van der Waals surface area (Å²) in [5.41, 5.74) is 4.74. The zero-order valence-corrected chi connectivity index (χ0v) is 10.4. The summed E-state index contributed by atoms with van der Waals surface area (Å²) in [7, 11) is 0.500. The highest BCUT2D eigenvalue weighted by molar-refractivity contribution is 5.72. The molecule has 0 bridgehead atoms. The maximum Gasteiger partial charge on any atom is 0.282 e. The van der Waals surface area contributed by atoms with Crippen LogP contribution in [-0.4, -0.2) is 30.9 Å². The second-order valence-corrected chi connectivity index (χ2v) is 3.70. The van der Waals surface area contributed by atoms with Crippen LogP contribution in [0.4, 0.5) is 18.9 Å². The summed E-state index contributed by atoms with van der Waals surface area (Å²) in [6.07, 6.45) is -1.60. The Bertz CT molecular complexity index is 525. The molecule has 0 saturated carbocycles. The number of nitro benzene ring substituents is 1. The van der Waals surface area contributed by atoms with E-state index in [2.05, 4.69) is 9.73 Å². The van der Waals surface area contributed by atoms with Crippen molar-refractivity contribution in [1.82, 2.24) is 0 Å². The van der Waals surface area contributed by atoms with E-state index in [-0.39, 0.29) is 23.9 Å². The topological polar surface area (TPSA) is 90.8 Å². The molecule has 0 radical (unpaired) electrons. The number of amidine groups is 1. The van der Waals surface area contributed by atoms with Crippen LogP contribution in [0.1, 0.15) is 11.6 Å². The Morgan fingerprint density at radius 1 is 1.50 bits per heavy atom. The van der Waals surface area contributed by atoms with E-state index in [0.717, 1.165) is 18.2 Å². The lowest BCUT2D eigenvalue weighted by molar-refractivity contribution is -0.385. The molecule has 0 spiro atoms. The van der Waals surface area contributed by atoms with Crippen molar-refractivity contribution >= 4 is 11.7 Å². The lowest BCUT2D eigenvalue weighted by Crippen LogP contribution is -2.32. The molecule has 0 fully saturated rings. The van der Waals surface area contributed by atoms with Gasteiger partial charge < -0.3 is 10.5 Å². The Labute approximate surface area is 112 Å². The van der Waals surface area contributed by atoms with Crippen LogP contribution in [0.2, 0.25) is 0 Å². The number of halogens is 3. The molecule has 1 aromatic rings. The molecule has 0 amide bonds. The van der Waals surface area contributed by atoms with Gasteiger partial charge in [0.15, 0.2) is 6.17 Å². The van der Waals surface area contributed by atoms with E-state index in [4.69, 9.17) is 5.73 Å². The largest absolute Gasteiger partial charge is 0.462 e. The second kappa shape index (κ2) is 6.73. The van der Waals surface area contributed by atoms with Gasteiger partial charge in [0.05, 0.1) is 12.1 Å². The van der Waals surface area contributed by atoms with E-state index in [1.165, 1.54) is 0 Å². The van der Waals surface area contributed by atoms with Crippen LogP contribution >= 0.6 is 0 Å². The van der Waals surface area contributed by atoms with Gasteiger partial charge in [0, 0.05) is 17.7 Å². The quantitative estimate of drug-likeness (QED) is 0.666. The average Bonchev–Trinajstić information content (AvgIpc) is 2.44. The van der Waals surface area contributed by atoms with Crippen LogP contribution in [0.15, 0.2) is 23.2 Å². The van der Waals surface area contributed by atoms with Crippen LogP contribution in [0, 0.1) is 15.9 Å². The number of hydrogen-bond donors (Lipinski definition) is 1. The van der Waals surface area contributed by atoms with Crippen molar-refractivity contribution in [2.45, 2.75) is 12.2 Å². The summed E-state index contributed by atoms with van der Waals surface area (Å²) in [5.74, 6) is -0.772. The SMILES string of the molecule is CF.NC1=NC(c2cc([N+](=O)[O-])ccc2F)C(F)CO1. The zero-order valence-electron chi connectivity index (χ0n) is 10.4. The van der Waals surface area contributed by atoms with E-state index in [0.29, 0.717) is 7.18 Å². The predicted molar refractivity (Wildman–Crippen MR) is 65.3 cm³/mol. The highest BCUT2D eigenvalue weighted by atomic mass is 19.1. The smallest absolute Gasteiger partial charge is 0.282 e. The van der Waals surface area contributed by atoms with Gasteiger partial charge in [0.1, 0.15) is 18.5 Å². The van der Waals surface area contributed by atoms with Gasteiger partial charge in [-0.25, -0.2) is 13.8 Å².